The summed E-state index contributed by atoms with van der Waals surface area (Å²) in [7, 11) is 1.78. The van der Waals surface area contributed by atoms with Gasteiger partial charge in [0.05, 0.1) is 0 Å². The second-order valence-electron chi connectivity index (χ2n) is 4.41. The molecule has 1 aromatic carbocycles. The summed E-state index contributed by atoms with van der Waals surface area (Å²) in [6, 6.07) is 6.64. The molecule has 19 heavy (non-hydrogen) atoms. The Balaban J connectivity index is 0. The number of methoxy groups -OCH3 is 1. The maximum atomic E-state index is 5.21. The van der Waals surface area contributed by atoms with Crippen LogP contribution in [0.2, 0.25) is 0 Å². The predicted molar refractivity (Wildman–Crippen MR) is 63.6 cm³/mol. The van der Waals surface area contributed by atoms with Crippen LogP contribution in [0, 0.1) is 0 Å². The van der Waals surface area contributed by atoms with Crippen LogP contribution < -0.4 is 41.1 Å². The molecule has 0 fully saturated rings. The molecule has 0 amide bonds. The van der Waals surface area contributed by atoms with Gasteiger partial charge in [-0.15, -0.1) is 0 Å². The number of fused-ring (bicyclic) bond motifs is 1. The number of hydrogen-bond acceptors (Lipinski definition) is 1. The Kier molecular flexibility index (Phi) is 10.8. The van der Waals surface area contributed by atoms with E-state index in [1.54, 1.807) is 7.11 Å². The zero-order chi connectivity index (χ0) is 11.7. The van der Waals surface area contributed by atoms with Gasteiger partial charge in [0.25, 0.3) is 0 Å². The molecule has 1 unspecified atom stereocenters. The molecule has 0 bridgehead atoms. The summed E-state index contributed by atoms with van der Waals surface area (Å²) in [5.74, 6) is 0.565. The fourth-order valence-corrected chi connectivity index (χ4v) is 3.25. The van der Waals surface area contributed by atoms with E-state index in [-0.39, 0.29) is 37.2 Å². The monoisotopic (exact) mass is 354 g/mol. The molecule has 0 N–H and O–H groups in total. The van der Waals surface area contributed by atoms with Crippen LogP contribution in [0.15, 0.2) is 23.8 Å². The summed E-state index contributed by atoms with van der Waals surface area (Å²) in [6.07, 6.45) is 1.09. The quantitative estimate of drug-likeness (QED) is 0.491. The Morgan fingerprint density at radius 2 is 1.79 bits per heavy atom. The molecular formula is C14H17Cl3OTi. The molecule has 0 spiro atoms. The molecule has 1 aliphatic carbocycles. The molecule has 1 aromatic rings. The zero-order valence-electron chi connectivity index (χ0n) is 11.3. The first-order valence-corrected chi connectivity index (χ1v) is 6.46. The third-order valence-electron chi connectivity index (χ3n) is 3.57. The summed E-state index contributed by atoms with van der Waals surface area (Å²) in [5, 5.41) is 0. The van der Waals surface area contributed by atoms with Crippen molar-refractivity contribution < 1.29 is 62.4 Å². The van der Waals surface area contributed by atoms with Crippen molar-refractivity contribution in [3.8, 4) is 0 Å². The summed E-state index contributed by atoms with van der Waals surface area (Å²) in [5.41, 5.74) is 5.95. The Bertz CT molecular complexity index is 446. The zero-order valence-corrected chi connectivity index (χ0v) is 15.1. The van der Waals surface area contributed by atoms with Gasteiger partial charge in [0, 0.05) is 0 Å². The van der Waals surface area contributed by atoms with Crippen LogP contribution in [-0.4, -0.2) is 13.7 Å². The van der Waals surface area contributed by atoms with Crippen molar-refractivity contribution in [1.82, 2.24) is 0 Å². The van der Waals surface area contributed by atoms with E-state index < -0.39 is 0 Å². The molecule has 0 saturated heterocycles. The number of rotatable bonds is 3. The SMILES string of the molecule is COCCC1C(C)=C(C)c2[c]([Ti+3])cccc21.[Cl-].[Cl-].[Cl-]. The van der Waals surface area contributed by atoms with Crippen molar-refractivity contribution in [3.05, 3.63) is 34.9 Å². The van der Waals surface area contributed by atoms with Crippen molar-refractivity contribution in [2.24, 2.45) is 0 Å². The summed E-state index contributed by atoms with van der Waals surface area (Å²) >= 11 is 2.20. The van der Waals surface area contributed by atoms with Gasteiger partial charge in [-0.2, -0.15) is 0 Å². The van der Waals surface area contributed by atoms with Crippen LogP contribution in [0.3, 0.4) is 0 Å². The van der Waals surface area contributed by atoms with Gasteiger partial charge in [0.15, 0.2) is 0 Å². The van der Waals surface area contributed by atoms with Crippen molar-refractivity contribution in [1.29, 1.82) is 0 Å². The van der Waals surface area contributed by atoms with Gasteiger partial charge < -0.3 is 37.2 Å². The summed E-state index contributed by atoms with van der Waals surface area (Å²) in [4.78, 5) is 0. The molecule has 0 aromatic heterocycles. The summed E-state index contributed by atoms with van der Waals surface area (Å²) in [6.45, 7) is 5.34. The number of halogens is 3. The molecule has 0 heterocycles. The van der Waals surface area contributed by atoms with Gasteiger partial charge in [-0.25, -0.2) is 0 Å². The fraction of sp³-hybridized carbons (Fsp3) is 0.429. The van der Waals surface area contributed by atoms with Crippen LogP contribution in [0.5, 0.6) is 0 Å². The van der Waals surface area contributed by atoms with E-state index in [9.17, 15) is 0 Å². The average Bonchev–Trinajstić information content (AvgIpc) is 2.51. The molecule has 1 nitrogen and oxygen atoms in total. The number of hydrogen-bond donors (Lipinski definition) is 0. The smallest absolute Gasteiger partial charge is 1.00 e. The number of benzene rings is 1. The Hall–Kier alpha value is 0.504. The van der Waals surface area contributed by atoms with Gasteiger partial charge in [0.2, 0.25) is 0 Å². The van der Waals surface area contributed by atoms with E-state index in [1.165, 1.54) is 26.1 Å². The first-order chi connectivity index (χ1) is 7.66. The van der Waals surface area contributed by atoms with Crippen LogP contribution >= 0.6 is 0 Å². The van der Waals surface area contributed by atoms with Gasteiger partial charge in [-0.3, -0.25) is 0 Å². The van der Waals surface area contributed by atoms with Gasteiger partial charge in [0.1, 0.15) is 0 Å². The summed E-state index contributed by atoms with van der Waals surface area (Å²) < 4.78 is 6.61. The molecule has 0 aliphatic heterocycles. The Morgan fingerprint density at radius 3 is 2.37 bits per heavy atom. The maximum Gasteiger partial charge on any atom is -1.00 e. The second kappa shape index (κ2) is 9.44. The third kappa shape index (κ3) is 4.23. The van der Waals surface area contributed by atoms with Crippen molar-refractivity contribution in [2.45, 2.75) is 26.2 Å². The fourth-order valence-electron chi connectivity index (χ4n) is 2.58. The van der Waals surface area contributed by atoms with Crippen LogP contribution in [0.4, 0.5) is 0 Å². The molecule has 5 heteroatoms. The average molecular weight is 356 g/mol. The number of allylic oxidation sites excluding steroid dienone is 2. The molecule has 1 aliphatic rings. The predicted octanol–water partition coefficient (Wildman–Crippen LogP) is -6.20. The van der Waals surface area contributed by atoms with Crippen molar-refractivity contribution >= 4 is 9.44 Å². The van der Waals surface area contributed by atoms with Gasteiger partial charge in [-0.1, -0.05) is 0 Å². The minimum atomic E-state index is 0. The molecular weight excluding hydrogens is 338 g/mol. The third-order valence-corrected chi connectivity index (χ3v) is 4.22. The van der Waals surface area contributed by atoms with Crippen LogP contribution in [0.25, 0.3) is 5.57 Å². The largest absolute Gasteiger partial charge is 1.00 e. The van der Waals surface area contributed by atoms with E-state index in [0.717, 1.165) is 13.0 Å². The van der Waals surface area contributed by atoms with Crippen LogP contribution in [0.1, 0.15) is 37.3 Å². The van der Waals surface area contributed by atoms with E-state index in [2.05, 4.69) is 52.5 Å². The Labute approximate surface area is 146 Å². The van der Waals surface area contributed by atoms with Crippen LogP contribution in [-0.2, 0) is 25.2 Å². The molecule has 2 rings (SSSR count). The molecule has 1 atom stereocenters. The van der Waals surface area contributed by atoms with Crippen molar-refractivity contribution in [2.75, 3.05) is 13.7 Å². The first-order valence-electron chi connectivity index (χ1n) is 5.68. The minimum Gasteiger partial charge on any atom is -1.00 e. The van der Waals surface area contributed by atoms with E-state index in [1.807, 2.05) is 0 Å². The van der Waals surface area contributed by atoms with Gasteiger partial charge >= 0.3 is 109 Å². The number of ether oxygens (including phenoxy) is 1. The van der Waals surface area contributed by atoms with Gasteiger partial charge in [-0.05, 0) is 0 Å². The standard InChI is InChI=1S/C14H17O.3ClH.Ti/c1-10-11(2)13(8-9-15-3)14-7-5-4-6-12(10)14;;;;/h4-5,7,13H,8-9H2,1-3H3;3*1H;/q;;;;+3/p-3. The molecule has 104 valence electrons. The second-order valence-corrected chi connectivity index (χ2v) is 5.25. The first kappa shape index (κ1) is 21.8. The van der Waals surface area contributed by atoms with E-state index >= 15 is 0 Å². The van der Waals surface area contributed by atoms with Crippen molar-refractivity contribution in [3.63, 3.8) is 0 Å². The molecule has 0 saturated carbocycles. The van der Waals surface area contributed by atoms with E-state index in [4.69, 9.17) is 4.74 Å². The minimum absolute atomic E-state index is 0. The van der Waals surface area contributed by atoms with E-state index in [0.29, 0.717) is 5.92 Å². The normalized spacial score (nSPS) is 16.2. The Morgan fingerprint density at radius 1 is 1.16 bits per heavy atom. The molecule has 0 radical (unpaired) electrons. The topological polar surface area (TPSA) is 9.23 Å². The maximum absolute atomic E-state index is 5.21.